The number of nitrogens with one attached hydrogen (secondary N) is 2. The van der Waals surface area contributed by atoms with Crippen LogP contribution >= 0.6 is 11.6 Å². The van der Waals surface area contributed by atoms with E-state index in [0.717, 1.165) is 0 Å². The molecule has 3 aliphatic rings. The molecule has 0 bridgehead atoms. The van der Waals surface area contributed by atoms with Crippen molar-refractivity contribution in [3.05, 3.63) is 47.0 Å². The lowest BCUT2D eigenvalue weighted by molar-refractivity contribution is -0.201. The van der Waals surface area contributed by atoms with Crippen LogP contribution in [0.1, 0.15) is 23.2 Å². The number of hydrogen-bond donors (Lipinski definition) is 3. The van der Waals surface area contributed by atoms with Crippen LogP contribution in [0.15, 0.2) is 36.4 Å². The van der Waals surface area contributed by atoms with Crippen molar-refractivity contribution in [2.24, 2.45) is 0 Å². The van der Waals surface area contributed by atoms with Crippen molar-refractivity contribution in [1.82, 2.24) is 20.7 Å². The molecule has 0 saturated carbocycles. The van der Waals surface area contributed by atoms with Gasteiger partial charge in [0.15, 0.2) is 6.04 Å². The second-order valence-corrected chi connectivity index (χ2v) is 8.27. The molecule has 4 rings (SSSR count). The minimum atomic E-state index is -1.46. The number of carbonyl (C=O) groups is 4. The summed E-state index contributed by atoms with van der Waals surface area (Å²) in [6.45, 7) is 0.297. The lowest BCUT2D eigenvalue weighted by Crippen LogP contribution is -2.67. The van der Waals surface area contributed by atoms with E-state index < -0.39 is 48.1 Å². The van der Waals surface area contributed by atoms with E-state index in [4.69, 9.17) is 16.3 Å². The third kappa shape index (κ3) is 5.17. The Labute approximate surface area is 194 Å². The third-order valence-corrected chi connectivity index (χ3v) is 5.73. The van der Waals surface area contributed by atoms with Gasteiger partial charge in [0.05, 0.1) is 13.0 Å². The van der Waals surface area contributed by atoms with Gasteiger partial charge in [0, 0.05) is 17.1 Å². The van der Waals surface area contributed by atoms with Gasteiger partial charge in [-0.05, 0) is 24.6 Å². The molecule has 4 atom stereocenters. The molecule has 2 fully saturated rings. The quantitative estimate of drug-likeness (QED) is 0.391. The van der Waals surface area contributed by atoms with Gasteiger partial charge in [0.1, 0.15) is 18.8 Å². The van der Waals surface area contributed by atoms with Crippen molar-refractivity contribution < 1.29 is 33.8 Å². The maximum atomic E-state index is 13.5. The van der Waals surface area contributed by atoms with Crippen LogP contribution in [0, 0.1) is 0 Å². The van der Waals surface area contributed by atoms with E-state index >= 15 is 0 Å². The van der Waals surface area contributed by atoms with Crippen molar-refractivity contribution in [2.45, 2.75) is 37.3 Å². The maximum Gasteiger partial charge on any atom is 0.310 e. The molecule has 2 unspecified atom stereocenters. The van der Waals surface area contributed by atoms with E-state index in [9.17, 15) is 24.3 Å². The molecule has 3 aliphatic heterocycles. The van der Waals surface area contributed by atoms with Gasteiger partial charge >= 0.3 is 5.97 Å². The van der Waals surface area contributed by atoms with E-state index in [1.807, 2.05) is 6.08 Å². The van der Waals surface area contributed by atoms with E-state index in [2.05, 4.69) is 15.4 Å². The fourth-order valence-electron chi connectivity index (χ4n) is 3.85. The Morgan fingerprint density at radius 2 is 2.00 bits per heavy atom. The van der Waals surface area contributed by atoms with Gasteiger partial charge in [0.2, 0.25) is 12.2 Å². The molecular formula is C21H23ClN4O7. The standard InChI is InChI=1S/C21H23ClN4O7/c22-13-5-3-4-12(8-13)18(28)23-14-6-1-2-7-25-11-32-10-16(26(25)20(14)30)19(29)24-15-9-17(27)33-21(15)31/h1-5,8,14-16,21,31H,6-7,9-11H2,(H,23,28)(H,24,29)/t14-,15?,16-,21?/m0/s1. The molecule has 11 nitrogen and oxygen atoms in total. The summed E-state index contributed by atoms with van der Waals surface area (Å²) in [5.41, 5.74) is 0.300. The van der Waals surface area contributed by atoms with Crippen LogP contribution in [0.4, 0.5) is 0 Å². The molecule has 176 valence electrons. The SMILES string of the molecule is O=C1CC(NC(=O)[C@@H]2COCN3CC=CC[C@H](NC(=O)c4cccc(Cl)c4)C(=O)N23)C(O)O1. The average Bonchev–Trinajstić information content (AvgIpc) is 3.10. The molecular weight excluding hydrogens is 456 g/mol. The van der Waals surface area contributed by atoms with Crippen LogP contribution in [0.5, 0.6) is 0 Å². The topological polar surface area (TPSA) is 138 Å². The zero-order valence-electron chi connectivity index (χ0n) is 17.5. The van der Waals surface area contributed by atoms with Crippen molar-refractivity contribution in [3.8, 4) is 0 Å². The predicted molar refractivity (Wildman–Crippen MR) is 113 cm³/mol. The molecule has 3 heterocycles. The van der Waals surface area contributed by atoms with Crippen LogP contribution < -0.4 is 10.6 Å². The monoisotopic (exact) mass is 478 g/mol. The van der Waals surface area contributed by atoms with Crippen LogP contribution in [0.25, 0.3) is 0 Å². The van der Waals surface area contributed by atoms with E-state index in [1.54, 1.807) is 29.3 Å². The van der Waals surface area contributed by atoms with Crippen molar-refractivity contribution in [1.29, 1.82) is 0 Å². The third-order valence-electron chi connectivity index (χ3n) is 5.50. The lowest BCUT2D eigenvalue weighted by atomic mass is 10.1. The first kappa shape index (κ1) is 23.2. The number of aliphatic hydroxyl groups is 1. The second kappa shape index (κ2) is 9.87. The highest BCUT2D eigenvalue weighted by Crippen LogP contribution is 2.20. The van der Waals surface area contributed by atoms with Gasteiger partial charge < -0.3 is 25.2 Å². The van der Waals surface area contributed by atoms with Crippen LogP contribution in [0.2, 0.25) is 5.02 Å². The molecule has 0 aliphatic carbocycles. The molecule has 12 heteroatoms. The first-order chi connectivity index (χ1) is 15.8. The summed E-state index contributed by atoms with van der Waals surface area (Å²) in [5.74, 6) is -2.21. The minimum absolute atomic E-state index is 0.0719. The molecule has 33 heavy (non-hydrogen) atoms. The number of cyclic esters (lactones) is 1. The number of rotatable bonds is 4. The first-order valence-corrected chi connectivity index (χ1v) is 10.8. The highest BCUT2D eigenvalue weighted by molar-refractivity contribution is 6.31. The predicted octanol–water partition coefficient (Wildman–Crippen LogP) is -0.450. The second-order valence-electron chi connectivity index (χ2n) is 7.83. The fourth-order valence-corrected chi connectivity index (χ4v) is 4.04. The number of nitrogens with zero attached hydrogens (tertiary/aromatic N) is 2. The van der Waals surface area contributed by atoms with Crippen LogP contribution in [-0.2, 0) is 23.9 Å². The smallest absolute Gasteiger partial charge is 0.310 e. The number of hydrazine groups is 1. The van der Waals surface area contributed by atoms with Crippen LogP contribution in [-0.4, -0.2) is 83.1 Å². The summed E-state index contributed by atoms with van der Waals surface area (Å²) >= 11 is 5.96. The zero-order chi connectivity index (χ0) is 23.5. The van der Waals surface area contributed by atoms with Crippen molar-refractivity contribution >= 4 is 35.3 Å². The molecule has 0 radical (unpaired) electrons. The molecule has 2 saturated heterocycles. The number of ether oxygens (including phenoxy) is 2. The summed E-state index contributed by atoms with van der Waals surface area (Å²) < 4.78 is 10.2. The highest BCUT2D eigenvalue weighted by atomic mass is 35.5. The van der Waals surface area contributed by atoms with Crippen LogP contribution in [0.3, 0.4) is 0 Å². The minimum Gasteiger partial charge on any atom is -0.434 e. The molecule has 3 amide bonds. The number of benzene rings is 1. The molecule has 0 aromatic heterocycles. The zero-order valence-corrected chi connectivity index (χ0v) is 18.2. The van der Waals surface area contributed by atoms with Gasteiger partial charge in [-0.2, -0.15) is 5.01 Å². The molecule has 1 aromatic carbocycles. The van der Waals surface area contributed by atoms with E-state index in [0.29, 0.717) is 17.1 Å². The summed E-state index contributed by atoms with van der Waals surface area (Å²) in [5, 5.41) is 18.3. The number of halogens is 1. The van der Waals surface area contributed by atoms with Gasteiger partial charge in [0.25, 0.3) is 11.8 Å². The number of amides is 3. The molecule has 0 spiro atoms. The summed E-state index contributed by atoms with van der Waals surface area (Å²) in [6, 6.07) is 3.41. The number of esters is 1. The largest absolute Gasteiger partial charge is 0.434 e. The Kier molecular flexibility index (Phi) is 6.94. The molecule has 1 aromatic rings. The molecule has 3 N–H and O–H groups in total. The fraction of sp³-hybridized carbons (Fsp3) is 0.429. The lowest BCUT2D eigenvalue weighted by Gasteiger charge is -2.44. The van der Waals surface area contributed by atoms with E-state index in [1.165, 1.54) is 11.1 Å². The Morgan fingerprint density at radius 3 is 2.73 bits per heavy atom. The van der Waals surface area contributed by atoms with Gasteiger partial charge in [-0.3, -0.25) is 24.2 Å². The Hall–Kier alpha value is -2.99. The normalized spacial score (nSPS) is 27.9. The Morgan fingerprint density at radius 1 is 1.18 bits per heavy atom. The number of carbonyl (C=O) groups excluding carboxylic acids is 4. The summed E-state index contributed by atoms with van der Waals surface area (Å²) in [7, 11) is 0. The van der Waals surface area contributed by atoms with Gasteiger partial charge in [-0.15, -0.1) is 0 Å². The van der Waals surface area contributed by atoms with Gasteiger partial charge in [-0.1, -0.05) is 29.8 Å². The number of fused-ring (bicyclic) bond motifs is 1. The summed E-state index contributed by atoms with van der Waals surface area (Å²) in [4.78, 5) is 50.6. The summed E-state index contributed by atoms with van der Waals surface area (Å²) in [6.07, 6.45) is 2.18. The maximum absolute atomic E-state index is 13.5. The van der Waals surface area contributed by atoms with Crippen molar-refractivity contribution in [3.63, 3.8) is 0 Å². The van der Waals surface area contributed by atoms with Gasteiger partial charge in [-0.25, -0.2) is 0 Å². The number of hydrogen-bond acceptors (Lipinski definition) is 8. The first-order valence-electron chi connectivity index (χ1n) is 10.4. The average molecular weight is 479 g/mol. The number of aliphatic hydroxyl groups excluding tert-OH is 1. The Bertz CT molecular complexity index is 987. The highest BCUT2D eigenvalue weighted by Gasteiger charge is 2.43. The Balaban J connectivity index is 1.52. The van der Waals surface area contributed by atoms with Crippen molar-refractivity contribution in [2.75, 3.05) is 19.9 Å². The van der Waals surface area contributed by atoms with E-state index in [-0.39, 0.29) is 26.2 Å².